The minimum absolute atomic E-state index is 0.0410. The third kappa shape index (κ3) is 4.28. The van der Waals surface area contributed by atoms with E-state index in [1.807, 2.05) is 0 Å². The molecule has 1 rings (SSSR count). The Morgan fingerprint density at radius 2 is 2.11 bits per heavy atom. The monoisotopic (exact) mass is 377 g/mol. The lowest BCUT2D eigenvalue weighted by atomic mass is 9.97. The molecule has 1 aromatic rings. The van der Waals surface area contributed by atoms with Gasteiger partial charge in [-0.05, 0) is 39.5 Å². The van der Waals surface area contributed by atoms with Crippen molar-refractivity contribution >= 4 is 37.8 Å². The van der Waals surface area contributed by atoms with Crippen molar-refractivity contribution in [3.05, 3.63) is 28.2 Å². The largest absolute Gasteiger partial charge is 0.496 e. The molecule has 0 aliphatic carbocycles. The van der Waals surface area contributed by atoms with E-state index in [1.54, 1.807) is 25.3 Å². The molecule has 3 nitrogen and oxygen atoms in total. The van der Waals surface area contributed by atoms with Crippen molar-refractivity contribution in [1.82, 2.24) is 5.32 Å². The van der Waals surface area contributed by atoms with Crippen LogP contribution in [0.3, 0.4) is 0 Å². The Balaban J connectivity index is 2.71. The van der Waals surface area contributed by atoms with Gasteiger partial charge in [-0.3, -0.25) is 4.79 Å². The predicted octanol–water partition coefficient (Wildman–Crippen LogP) is 3.61. The highest BCUT2D eigenvalue weighted by molar-refractivity contribution is 9.10. The van der Waals surface area contributed by atoms with Crippen LogP contribution in [0.15, 0.2) is 22.7 Å². The van der Waals surface area contributed by atoms with E-state index in [0.29, 0.717) is 17.9 Å². The van der Waals surface area contributed by atoms with Crippen molar-refractivity contribution < 1.29 is 9.53 Å². The Kier molecular flexibility index (Phi) is 5.66. The topological polar surface area (TPSA) is 38.3 Å². The molecule has 0 atom stereocenters. The molecule has 1 amide bonds. The number of benzene rings is 1. The first-order valence-corrected chi connectivity index (χ1v) is 7.49. The molecular weight excluding hydrogens is 362 g/mol. The van der Waals surface area contributed by atoms with Crippen LogP contribution in [0.4, 0.5) is 0 Å². The van der Waals surface area contributed by atoms with Gasteiger partial charge in [0.25, 0.3) is 5.91 Å². The fourth-order valence-electron chi connectivity index (χ4n) is 1.28. The van der Waals surface area contributed by atoms with Gasteiger partial charge in [0, 0.05) is 17.4 Å². The van der Waals surface area contributed by atoms with E-state index < -0.39 is 0 Å². The lowest BCUT2D eigenvalue weighted by Gasteiger charge is -2.21. The number of amides is 1. The number of rotatable bonds is 5. The Hall–Kier alpha value is -0.550. The summed E-state index contributed by atoms with van der Waals surface area (Å²) < 4.78 is 5.90. The zero-order valence-electron chi connectivity index (χ0n) is 10.7. The summed E-state index contributed by atoms with van der Waals surface area (Å²) in [5.74, 6) is 0.639. The molecule has 0 spiro atoms. The number of hydrogen-bond donors (Lipinski definition) is 1. The van der Waals surface area contributed by atoms with Gasteiger partial charge in [-0.15, -0.1) is 0 Å². The molecule has 100 valence electrons. The molecule has 18 heavy (non-hydrogen) atoms. The quantitative estimate of drug-likeness (QED) is 0.795. The summed E-state index contributed by atoms with van der Waals surface area (Å²) in [7, 11) is 1.60. The molecule has 0 saturated heterocycles. The minimum Gasteiger partial charge on any atom is -0.496 e. The van der Waals surface area contributed by atoms with Crippen LogP contribution in [0.5, 0.6) is 5.75 Å². The number of halogens is 2. The normalized spacial score (nSPS) is 11.2. The molecule has 0 unspecified atom stereocenters. The standard InChI is InChI=1S/C13H17Br2NO2/c1-13(2,7-14)8-16-12(17)9-4-5-11(18-3)10(15)6-9/h4-6H,7-8H2,1-3H3,(H,16,17). The summed E-state index contributed by atoms with van der Waals surface area (Å²) >= 11 is 6.80. The number of ether oxygens (including phenoxy) is 1. The second kappa shape index (κ2) is 6.57. The second-order valence-electron chi connectivity index (χ2n) is 4.83. The van der Waals surface area contributed by atoms with Crippen molar-refractivity contribution in [3.8, 4) is 5.75 Å². The molecule has 5 heteroatoms. The third-order valence-corrected chi connectivity index (χ3v) is 4.64. The summed E-state index contributed by atoms with van der Waals surface area (Å²) in [5, 5.41) is 3.76. The average Bonchev–Trinajstić information content (AvgIpc) is 2.36. The fraction of sp³-hybridized carbons (Fsp3) is 0.462. The van der Waals surface area contributed by atoms with Gasteiger partial charge in [0.2, 0.25) is 0 Å². The predicted molar refractivity (Wildman–Crippen MR) is 80.6 cm³/mol. The van der Waals surface area contributed by atoms with Crippen LogP contribution in [0.25, 0.3) is 0 Å². The maximum absolute atomic E-state index is 12.0. The van der Waals surface area contributed by atoms with Crippen molar-refractivity contribution in [2.24, 2.45) is 5.41 Å². The van der Waals surface area contributed by atoms with Gasteiger partial charge in [-0.1, -0.05) is 29.8 Å². The molecule has 0 fully saturated rings. The molecule has 0 radical (unpaired) electrons. The van der Waals surface area contributed by atoms with Crippen LogP contribution in [-0.4, -0.2) is 24.9 Å². The number of alkyl halides is 1. The summed E-state index contributed by atoms with van der Waals surface area (Å²) in [4.78, 5) is 12.0. The van der Waals surface area contributed by atoms with Crippen LogP contribution >= 0.6 is 31.9 Å². The number of methoxy groups -OCH3 is 1. The Labute approximate surface area is 125 Å². The van der Waals surface area contributed by atoms with E-state index in [4.69, 9.17) is 4.74 Å². The number of carbonyl (C=O) groups excluding carboxylic acids is 1. The molecule has 1 aromatic carbocycles. The van der Waals surface area contributed by atoms with Gasteiger partial charge in [-0.2, -0.15) is 0 Å². The van der Waals surface area contributed by atoms with Gasteiger partial charge >= 0.3 is 0 Å². The number of carbonyl (C=O) groups is 1. The zero-order chi connectivity index (χ0) is 13.8. The van der Waals surface area contributed by atoms with E-state index in [0.717, 1.165) is 9.80 Å². The van der Waals surface area contributed by atoms with Crippen molar-refractivity contribution in [1.29, 1.82) is 0 Å². The van der Waals surface area contributed by atoms with Gasteiger partial charge in [-0.25, -0.2) is 0 Å². The van der Waals surface area contributed by atoms with E-state index >= 15 is 0 Å². The highest BCUT2D eigenvalue weighted by atomic mass is 79.9. The molecule has 0 bridgehead atoms. The van der Waals surface area contributed by atoms with Crippen molar-refractivity contribution in [2.45, 2.75) is 13.8 Å². The van der Waals surface area contributed by atoms with Gasteiger partial charge in [0.05, 0.1) is 11.6 Å². The molecule has 0 aliphatic heterocycles. The molecule has 0 aliphatic rings. The van der Waals surface area contributed by atoms with E-state index in [2.05, 4.69) is 51.0 Å². The summed E-state index contributed by atoms with van der Waals surface area (Å²) in [6.45, 7) is 4.80. The summed E-state index contributed by atoms with van der Waals surface area (Å²) in [6, 6.07) is 5.28. The first-order chi connectivity index (χ1) is 8.39. The van der Waals surface area contributed by atoms with Crippen LogP contribution < -0.4 is 10.1 Å². The maximum atomic E-state index is 12.0. The average molecular weight is 379 g/mol. The SMILES string of the molecule is COc1ccc(C(=O)NCC(C)(C)CBr)cc1Br. The summed E-state index contributed by atoms with van der Waals surface area (Å²) in [6.07, 6.45) is 0. The van der Waals surface area contributed by atoms with Gasteiger partial charge in [0.1, 0.15) is 5.75 Å². The van der Waals surface area contributed by atoms with E-state index in [1.165, 1.54) is 0 Å². The molecule has 1 N–H and O–H groups in total. The highest BCUT2D eigenvalue weighted by Gasteiger charge is 2.18. The van der Waals surface area contributed by atoms with Crippen LogP contribution in [0.2, 0.25) is 0 Å². The Morgan fingerprint density at radius 3 is 2.61 bits per heavy atom. The molecule has 0 saturated carbocycles. The Bertz CT molecular complexity index is 433. The number of hydrogen-bond acceptors (Lipinski definition) is 2. The summed E-state index contributed by atoms with van der Waals surface area (Å²) in [5.41, 5.74) is 0.660. The highest BCUT2D eigenvalue weighted by Crippen LogP contribution is 2.25. The maximum Gasteiger partial charge on any atom is 0.251 e. The second-order valence-corrected chi connectivity index (χ2v) is 6.24. The zero-order valence-corrected chi connectivity index (χ0v) is 13.9. The van der Waals surface area contributed by atoms with E-state index in [9.17, 15) is 4.79 Å². The minimum atomic E-state index is -0.0765. The molecule has 0 aromatic heterocycles. The lowest BCUT2D eigenvalue weighted by molar-refractivity contribution is 0.0940. The lowest BCUT2D eigenvalue weighted by Crippen LogP contribution is -2.34. The van der Waals surface area contributed by atoms with Gasteiger partial charge < -0.3 is 10.1 Å². The third-order valence-electron chi connectivity index (χ3n) is 2.50. The van der Waals surface area contributed by atoms with Crippen LogP contribution in [0.1, 0.15) is 24.2 Å². The first-order valence-electron chi connectivity index (χ1n) is 5.57. The van der Waals surface area contributed by atoms with Crippen molar-refractivity contribution in [3.63, 3.8) is 0 Å². The van der Waals surface area contributed by atoms with Crippen molar-refractivity contribution in [2.75, 3.05) is 19.0 Å². The van der Waals surface area contributed by atoms with Gasteiger partial charge in [0.15, 0.2) is 0 Å². The Morgan fingerprint density at radius 1 is 1.44 bits per heavy atom. The van der Waals surface area contributed by atoms with Crippen LogP contribution in [-0.2, 0) is 0 Å². The first kappa shape index (κ1) is 15.5. The molecular formula is C13H17Br2NO2. The van der Waals surface area contributed by atoms with E-state index in [-0.39, 0.29) is 11.3 Å². The smallest absolute Gasteiger partial charge is 0.251 e. The van der Waals surface area contributed by atoms with Crippen LogP contribution in [0, 0.1) is 5.41 Å². The number of nitrogens with one attached hydrogen (secondary N) is 1. The molecule has 0 heterocycles. The fourth-order valence-corrected chi connectivity index (χ4v) is 2.02.